The van der Waals surface area contributed by atoms with Gasteiger partial charge in [0, 0.05) is 16.7 Å². The molecule has 1 heterocycles. The van der Waals surface area contributed by atoms with E-state index in [2.05, 4.69) is 30.3 Å². The van der Waals surface area contributed by atoms with Crippen LogP contribution in [0.5, 0.6) is 0 Å². The summed E-state index contributed by atoms with van der Waals surface area (Å²) >= 11 is 0. The van der Waals surface area contributed by atoms with E-state index in [0.29, 0.717) is 25.0 Å². The van der Waals surface area contributed by atoms with Crippen LogP contribution in [0.15, 0.2) is 109 Å². The van der Waals surface area contributed by atoms with E-state index in [1.54, 1.807) is 13.8 Å². The fourth-order valence-corrected chi connectivity index (χ4v) is 4.08. The molecule has 0 aliphatic rings. The molecule has 5 rings (SSSR count). The van der Waals surface area contributed by atoms with Gasteiger partial charge in [0.25, 0.3) is 0 Å². The summed E-state index contributed by atoms with van der Waals surface area (Å²) in [6, 6.07) is 36.4. The smallest absolute Gasteiger partial charge is 0.309 e. The van der Waals surface area contributed by atoms with Crippen molar-refractivity contribution in [1.82, 2.24) is 15.0 Å². The molecule has 0 atom stereocenters. The Morgan fingerprint density at radius 1 is 0.538 bits per heavy atom. The largest absolute Gasteiger partial charge is 0.427 e. The number of hydrogen-bond donors (Lipinski definition) is 1. The van der Waals surface area contributed by atoms with Gasteiger partial charge in [-0.15, -0.1) is 0 Å². The first kappa shape index (κ1) is 26.5. The molecule has 0 fully saturated rings. The Hall–Kier alpha value is -4.13. The van der Waals surface area contributed by atoms with Gasteiger partial charge in [-0.3, -0.25) is 0 Å². The minimum atomic E-state index is -1.00. The molecule has 0 bridgehead atoms. The van der Waals surface area contributed by atoms with Crippen molar-refractivity contribution in [2.75, 3.05) is 0 Å². The lowest BCUT2D eigenvalue weighted by molar-refractivity contribution is -0.0893. The average Bonchev–Trinajstić information content (AvgIpc) is 2.96. The summed E-state index contributed by atoms with van der Waals surface area (Å²) in [7, 11) is 0.326. The van der Waals surface area contributed by atoms with Gasteiger partial charge in [0.2, 0.25) is 0 Å². The molecule has 0 aliphatic heterocycles. The molecule has 0 aliphatic carbocycles. The van der Waals surface area contributed by atoms with Gasteiger partial charge >= 0.3 is 7.48 Å². The molecule has 5 nitrogen and oxygen atoms in total. The lowest BCUT2D eigenvalue weighted by atomic mass is 9.80. The van der Waals surface area contributed by atoms with Crippen molar-refractivity contribution in [2.24, 2.45) is 0 Å². The van der Waals surface area contributed by atoms with Gasteiger partial charge in [0.15, 0.2) is 17.5 Å². The van der Waals surface area contributed by atoms with Crippen LogP contribution in [0.3, 0.4) is 0 Å². The van der Waals surface area contributed by atoms with Crippen LogP contribution in [-0.4, -0.2) is 38.7 Å². The van der Waals surface area contributed by atoms with Crippen molar-refractivity contribution in [3.63, 3.8) is 0 Å². The van der Waals surface area contributed by atoms with Crippen molar-refractivity contribution in [1.29, 1.82) is 0 Å². The molecule has 0 unspecified atom stereocenters. The molecule has 0 saturated heterocycles. The van der Waals surface area contributed by atoms with Gasteiger partial charge in [-0.05, 0) is 44.9 Å². The van der Waals surface area contributed by atoms with E-state index in [4.69, 9.17) is 19.6 Å². The normalized spacial score (nSPS) is 11.8. The number of aromatic nitrogens is 3. The summed E-state index contributed by atoms with van der Waals surface area (Å²) in [5, 5.41) is 10.6. The van der Waals surface area contributed by atoms with Crippen molar-refractivity contribution in [3.05, 3.63) is 109 Å². The van der Waals surface area contributed by atoms with E-state index in [0.717, 1.165) is 33.3 Å². The molecule has 0 amide bonds. The molecular weight excluding hydrogens is 481 g/mol. The van der Waals surface area contributed by atoms with E-state index >= 15 is 0 Å². The zero-order valence-electron chi connectivity index (χ0n) is 22.8. The molecule has 0 spiro atoms. The van der Waals surface area contributed by atoms with Gasteiger partial charge in [-0.1, -0.05) is 109 Å². The Bertz CT molecular complexity index is 1490. The molecule has 5 aromatic rings. The second-order valence-corrected chi connectivity index (χ2v) is 10.7. The highest BCUT2D eigenvalue weighted by molar-refractivity contribution is 6.47. The molecule has 4 aromatic carbocycles. The first-order valence-corrected chi connectivity index (χ1v) is 13.1. The quantitative estimate of drug-likeness (QED) is 0.255. The van der Waals surface area contributed by atoms with Gasteiger partial charge in [-0.2, -0.15) is 0 Å². The predicted molar refractivity (Wildman–Crippen MR) is 160 cm³/mol. The number of aliphatic hydroxyl groups is 1. The van der Waals surface area contributed by atoms with Gasteiger partial charge < -0.3 is 9.76 Å². The maximum absolute atomic E-state index is 10.6. The summed E-state index contributed by atoms with van der Waals surface area (Å²) in [5.41, 5.74) is 4.06. The van der Waals surface area contributed by atoms with Crippen LogP contribution in [0.25, 0.3) is 45.3 Å². The molecular formula is C33H32BN3O2. The Kier molecular flexibility index (Phi) is 7.42. The summed E-state index contributed by atoms with van der Waals surface area (Å²) in [4.78, 5) is 14.7. The van der Waals surface area contributed by atoms with Gasteiger partial charge in [-0.25, -0.2) is 15.0 Å². The Morgan fingerprint density at radius 2 is 0.949 bits per heavy atom. The highest BCUT2D eigenvalue weighted by Gasteiger charge is 2.35. The maximum atomic E-state index is 10.6. The molecule has 39 heavy (non-hydrogen) atoms. The minimum Gasteiger partial charge on any atom is -0.427 e. The maximum Gasteiger partial charge on any atom is 0.309 e. The molecule has 1 aromatic heterocycles. The molecule has 1 N–H and O–H groups in total. The summed E-state index contributed by atoms with van der Waals surface area (Å²) in [5.74, 6) is 1.82. The third kappa shape index (κ3) is 6.14. The molecule has 194 valence electrons. The first-order valence-electron chi connectivity index (χ1n) is 13.1. The van der Waals surface area contributed by atoms with E-state index in [9.17, 15) is 5.11 Å². The van der Waals surface area contributed by atoms with Gasteiger partial charge in [0.1, 0.15) is 0 Å². The van der Waals surface area contributed by atoms with Crippen LogP contribution in [0.2, 0.25) is 0 Å². The predicted octanol–water partition coefficient (Wildman–Crippen LogP) is 6.08. The van der Waals surface area contributed by atoms with E-state index < -0.39 is 11.2 Å². The van der Waals surface area contributed by atoms with E-state index in [1.165, 1.54) is 0 Å². The van der Waals surface area contributed by atoms with Crippen molar-refractivity contribution in [3.8, 4) is 45.3 Å². The van der Waals surface area contributed by atoms with Crippen LogP contribution in [0, 0.1) is 0 Å². The highest BCUT2D eigenvalue weighted by atomic mass is 16.5. The van der Waals surface area contributed by atoms with Crippen molar-refractivity contribution in [2.45, 2.75) is 38.9 Å². The zero-order chi connectivity index (χ0) is 27.5. The van der Waals surface area contributed by atoms with E-state index in [1.807, 2.05) is 92.7 Å². The summed E-state index contributed by atoms with van der Waals surface area (Å²) in [6.07, 6.45) is 0. The summed E-state index contributed by atoms with van der Waals surface area (Å²) < 4.78 is 6.24. The lowest BCUT2D eigenvalue weighted by Gasteiger charge is -2.37. The van der Waals surface area contributed by atoms with Crippen LogP contribution < -0.4 is 5.46 Å². The Labute approximate surface area is 230 Å². The highest BCUT2D eigenvalue weighted by Crippen LogP contribution is 2.28. The second kappa shape index (κ2) is 10.9. The fraction of sp³-hybridized carbons (Fsp3) is 0.182. The first-order chi connectivity index (χ1) is 18.7. The van der Waals surface area contributed by atoms with Crippen molar-refractivity contribution < 1.29 is 9.76 Å². The Balaban J connectivity index is 1.65. The fourth-order valence-electron chi connectivity index (χ4n) is 4.08. The number of nitrogens with zero attached hydrogens (tertiary/aromatic N) is 3. The summed E-state index contributed by atoms with van der Waals surface area (Å²) in [6.45, 7) is 7.33. The molecule has 0 saturated carbocycles. The minimum absolute atomic E-state index is 0.326. The monoisotopic (exact) mass is 513 g/mol. The Morgan fingerprint density at radius 3 is 1.41 bits per heavy atom. The lowest BCUT2D eigenvalue weighted by Crippen LogP contribution is -2.49. The van der Waals surface area contributed by atoms with Gasteiger partial charge in [0.05, 0.1) is 11.2 Å². The average molecular weight is 513 g/mol. The van der Waals surface area contributed by atoms with Crippen LogP contribution in [0.4, 0.5) is 0 Å². The number of hydrogen-bond acceptors (Lipinski definition) is 5. The second-order valence-electron chi connectivity index (χ2n) is 10.7. The third-order valence-electron chi connectivity index (χ3n) is 7.13. The van der Waals surface area contributed by atoms with Crippen molar-refractivity contribution >= 4 is 12.9 Å². The zero-order valence-corrected chi connectivity index (χ0v) is 22.8. The number of rotatable bonds is 8. The molecule has 0 radical (unpaired) electrons. The number of benzene rings is 4. The third-order valence-corrected chi connectivity index (χ3v) is 7.13. The van der Waals surface area contributed by atoms with Crippen LogP contribution in [-0.2, 0) is 4.65 Å². The van der Waals surface area contributed by atoms with Crippen LogP contribution >= 0.6 is 0 Å². The topological polar surface area (TPSA) is 68.1 Å². The van der Waals surface area contributed by atoms with Crippen LogP contribution in [0.1, 0.15) is 27.7 Å². The standard InChI is InChI=1S/C33H32BN3O2/c1-32(2,38)33(3,4)39-34-28-21-26(23-14-8-5-9-15-23)20-27(22-28)31-36-29(24-16-10-6-11-17-24)35-30(37-31)25-18-12-7-13-19-25/h5-22,34,38H,1-4H3. The van der Waals surface area contributed by atoms with E-state index in [-0.39, 0.29) is 0 Å². The SMILES string of the molecule is CC(C)(O)C(C)(C)OBc1cc(-c2ccccc2)cc(-c2nc(-c3ccccc3)nc(-c3ccccc3)n2)c1. The molecule has 6 heteroatoms.